The Morgan fingerprint density at radius 3 is 2.00 bits per heavy atom. The lowest BCUT2D eigenvalue weighted by atomic mass is 10.0. The van der Waals surface area contributed by atoms with Crippen molar-refractivity contribution in [3.63, 3.8) is 0 Å². The minimum Gasteiger partial charge on any atom is -0.497 e. The predicted molar refractivity (Wildman–Crippen MR) is 181 cm³/mol. The summed E-state index contributed by atoms with van der Waals surface area (Å²) < 4.78 is 38.5. The first-order valence-electron chi connectivity index (χ1n) is 15.1. The minimum absolute atomic E-state index is 0.0584. The number of hydrogen-bond acceptors (Lipinski definition) is 6. The van der Waals surface area contributed by atoms with Gasteiger partial charge in [0.15, 0.2) is 0 Å². The van der Waals surface area contributed by atoms with Gasteiger partial charge in [-0.3, -0.25) is 13.9 Å². The number of anilines is 1. The molecule has 10 heteroatoms. The Balaban J connectivity index is 1.69. The first kappa shape index (κ1) is 34.1. The van der Waals surface area contributed by atoms with Gasteiger partial charge in [-0.2, -0.15) is 0 Å². The topological polar surface area (TPSA) is 105 Å². The molecule has 0 aromatic heterocycles. The van der Waals surface area contributed by atoms with E-state index in [-0.39, 0.29) is 24.9 Å². The molecule has 4 aromatic carbocycles. The summed E-state index contributed by atoms with van der Waals surface area (Å²) in [6.07, 6.45) is 2.00. The summed E-state index contributed by atoms with van der Waals surface area (Å²) in [5, 5.41) is 3.03. The Bertz CT molecular complexity index is 1680. The van der Waals surface area contributed by atoms with Crippen LogP contribution in [0.15, 0.2) is 109 Å². The van der Waals surface area contributed by atoms with Crippen LogP contribution in [-0.4, -0.2) is 57.1 Å². The van der Waals surface area contributed by atoms with Crippen molar-refractivity contribution in [3.05, 3.63) is 120 Å². The second-order valence-corrected chi connectivity index (χ2v) is 13.0. The van der Waals surface area contributed by atoms with E-state index < -0.39 is 28.5 Å². The van der Waals surface area contributed by atoms with Crippen LogP contribution >= 0.6 is 0 Å². The number of nitrogens with one attached hydrogen (secondary N) is 1. The fraction of sp³-hybridized carbons (Fsp3) is 0.278. The van der Waals surface area contributed by atoms with Crippen LogP contribution in [0.25, 0.3) is 0 Å². The molecule has 9 nitrogen and oxygen atoms in total. The van der Waals surface area contributed by atoms with Gasteiger partial charge in [0.25, 0.3) is 0 Å². The molecule has 0 heterocycles. The zero-order valence-corrected chi connectivity index (χ0v) is 27.4. The third-order valence-electron chi connectivity index (χ3n) is 7.54. The van der Waals surface area contributed by atoms with Crippen molar-refractivity contribution in [2.45, 2.75) is 45.3 Å². The van der Waals surface area contributed by atoms with E-state index >= 15 is 0 Å². The summed E-state index contributed by atoms with van der Waals surface area (Å²) in [4.78, 5) is 29.6. The number of rotatable bonds is 15. The Morgan fingerprint density at radius 2 is 1.39 bits per heavy atom. The Morgan fingerprint density at radius 1 is 0.804 bits per heavy atom. The molecule has 0 aliphatic heterocycles. The monoisotopic (exact) mass is 643 g/mol. The molecule has 242 valence electrons. The molecule has 0 saturated carbocycles. The van der Waals surface area contributed by atoms with E-state index in [1.165, 1.54) is 4.90 Å². The van der Waals surface area contributed by atoms with Crippen LogP contribution < -0.4 is 19.1 Å². The van der Waals surface area contributed by atoms with Crippen LogP contribution in [0.4, 0.5) is 5.69 Å². The number of hydrogen-bond donors (Lipinski definition) is 1. The molecule has 0 bridgehead atoms. The van der Waals surface area contributed by atoms with E-state index in [2.05, 4.69) is 5.32 Å². The molecule has 0 saturated heterocycles. The third kappa shape index (κ3) is 9.58. The molecule has 4 rings (SSSR count). The standard InChI is InChI=1S/C36H41N3O6S/c1-5-27(2)37-36(41)34(24-28-13-8-6-9-14-28)38(25-29-15-12-18-33(23-29)44-3)35(40)26-39(46(4,42)43)30-19-21-32(22-20-30)45-31-16-10-7-11-17-31/h6-23,27,34H,5,24-26H2,1-4H3,(H,37,41)/t27-,34-/m0/s1. The smallest absolute Gasteiger partial charge is 0.244 e. The largest absolute Gasteiger partial charge is 0.497 e. The van der Waals surface area contributed by atoms with Crippen LogP contribution in [0.1, 0.15) is 31.4 Å². The van der Waals surface area contributed by atoms with Gasteiger partial charge in [-0.05, 0) is 73.0 Å². The van der Waals surface area contributed by atoms with Crippen LogP contribution in [0, 0.1) is 0 Å². The van der Waals surface area contributed by atoms with Crippen molar-refractivity contribution in [2.24, 2.45) is 0 Å². The molecule has 2 amide bonds. The Kier molecular flexibility index (Phi) is 11.8. The number of benzene rings is 4. The van der Waals surface area contributed by atoms with Crippen molar-refractivity contribution in [3.8, 4) is 17.2 Å². The van der Waals surface area contributed by atoms with E-state index in [9.17, 15) is 18.0 Å². The lowest BCUT2D eigenvalue weighted by Gasteiger charge is -2.34. The molecule has 0 aliphatic rings. The van der Waals surface area contributed by atoms with Crippen LogP contribution in [0.3, 0.4) is 0 Å². The minimum atomic E-state index is -3.91. The highest BCUT2D eigenvalue weighted by Gasteiger charge is 2.33. The zero-order chi connectivity index (χ0) is 33.1. The van der Waals surface area contributed by atoms with Gasteiger partial charge in [0.05, 0.1) is 19.1 Å². The number of amides is 2. The van der Waals surface area contributed by atoms with Crippen molar-refractivity contribution in [2.75, 3.05) is 24.2 Å². The maximum absolute atomic E-state index is 14.3. The number of para-hydroxylation sites is 1. The van der Waals surface area contributed by atoms with Gasteiger partial charge in [0, 0.05) is 19.0 Å². The molecule has 0 spiro atoms. The summed E-state index contributed by atoms with van der Waals surface area (Å²) in [6.45, 7) is 3.42. The highest BCUT2D eigenvalue weighted by Crippen LogP contribution is 2.26. The van der Waals surface area contributed by atoms with Gasteiger partial charge in [-0.25, -0.2) is 8.42 Å². The predicted octanol–water partition coefficient (Wildman–Crippen LogP) is 5.81. The summed E-state index contributed by atoms with van der Waals surface area (Å²) in [5.41, 5.74) is 1.89. The number of sulfonamides is 1. The van der Waals surface area contributed by atoms with Crippen LogP contribution in [-0.2, 0) is 32.6 Å². The summed E-state index contributed by atoms with van der Waals surface area (Å²) in [6, 6.07) is 31.4. The SMILES string of the molecule is CC[C@H](C)NC(=O)[C@H](Cc1ccccc1)N(Cc1cccc(OC)c1)C(=O)CN(c1ccc(Oc2ccccc2)cc1)S(C)(=O)=O. The second-order valence-electron chi connectivity index (χ2n) is 11.1. The summed E-state index contributed by atoms with van der Waals surface area (Å²) in [7, 11) is -2.35. The number of ether oxygens (including phenoxy) is 2. The van der Waals surface area contributed by atoms with Gasteiger partial charge < -0.3 is 19.7 Å². The summed E-state index contributed by atoms with van der Waals surface area (Å²) in [5.74, 6) is 0.905. The number of nitrogens with zero attached hydrogens (tertiary/aromatic N) is 2. The first-order chi connectivity index (χ1) is 22.1. The van der Waals surface area contributed by atoms with Crippen LogP contribution in [0.2, 0.25) is 0 Å². The Labute approximate surface area is 271 Å². The zero-order valence-electron chi connectivity index (χ0n) is 26.6. The molecule has 0 fully saturated rings. The molecule has 0 aliphatic carbocycles. The molecular weight excluding hydrogens is 602 g/mol. The summed E-state index contributed by atoms with van der Waals surface area (Å²) >= 11 is 0. The van der Waals surface area contributed by atoms with Crippen molar-refractivity contribution in [1.82, 2.24) is 10.2 Å². The lowest BCUT2D eigenvalue weighted by Crippen LogP contribution is -2.54. The molecule has 2 atom stereocenters. The number of carbonyl (C=O) groups excluding carboxylic acids is 2. The lowest BCUT2D eigenvalue weighted by molar-refractivity contribution is -0.140. The van der Waals surface area contributed by atoms with Crippen LogP contribution in [0.5, 0.6) is 17.2 Å². The van der Waals surface area contributed by atoms with Crippen molar-refractivity contribution >= 4 is 27.5 Å². The first-order valence-corrected chi connectivity index (χ1v) is 17.0. The fourth-order valence-electron chi connectivity index (χ4n) is 4.88. The van der Waals surface area contributed by atoms with Gasteiger partial charge in [-0.1, -0.05) is 67.6 Å². The van der Waals surface area contributed by atoms with E-state index in [1.54, 1.807) is 43.5 Å². The molecule has 4 aromatic rings. The molecule has 46 heavy (non-hydrogen) atoms. The third-order valence-corrected chi connectivity index (χ3v) is 8.68. The van der Waals surface area contributed by atoms with Gasteiger partial charge in [0.2, 0.25) is 21.8 Å². The van der Waals surface area contributed by atoms with Gasteiger partial charge in [-0.15, -0.1) is 0 Å². The normalized spacial score (nSPS) is 12.4. The fourth-order valence-corrected chi connectivity index (χ4v) is 5.73. The van der Waals surface area contributed by atoms with E-state index in [0.29, 0.717) is 29.4 Å². The van der Waals surface area contributed by atoms with Gasteiger partial charge >= 0.3 is 0 Å². The van der Waals surface area contributed by atoms with E-state index in [1.807, 2.05) is 86.6 Å². The quantitative estimate of drug-likeness (QED) is 0.175. The number of carbonyl (C=O) groups is 2. The maximum atomic E-state index is 14.3. The second kappa shape index (κ2) is 15.9. The average molecular weight is 644 g/mol. The van der Waals surface area contributed by atoms with E-state index in [4.69, 9.17) is 9.47 Å². The van der Waals surface area contributed by atoms with E-state index in [0.717, 1.165) is 21.7 Å². The van der Waals surface area contributed by atoms with Crippen molar-refractivity contribution in [1.29, 1.82) is 0 Å². The molecule has 0 unspecified atom stereocenters. The number of methoxy groups -OCH3 is 1. The average Bonchev–Trinajstić information content (AvgIpc) is 3.06. The highest BCUT2D eigenvalue weighted by molar-refractivity contribution is 7.92. The van der Waals surface area contributed by atoms with Gasteiger partial charge in [0.1, 0.15) is 29.8 Å². The highest BCUT2D eigenvalue weighted by atomic mass is 32.2. The van der Waals surface area contributed by atoms with Crippen molar-refractivity contribution < 1.29 is 27.5 Å². The molecule has 1 N–H and O–H groups in total. The molecular formula is C36H41N3O6S. The Hall–Kier alpha value is -4.83. The maximum Gasteiger partial charge on any atom is 0.244 e. The molecule has 0 radical (unpaired) electrons.